The van der Waals surface area contributed by atoms with Crippen molar-refractivity contribution in [1.82, 2.24) is 0 Å². The van der Waals surface area contributed by atoms with Gasteiger partial charge in [0.25, 0.3) is 0 Å². The number of aliphatic hydroxyl groups is 1. The van der Waals surface area contributed by atoms with Gasteiger partial charge in [0.15, 0.2) is 0 Å². The summed E-state index contributed by atoms with van der Waals surface area (Å²) >= 11 is 0. The van der Waals surface area contributed by atoms with Gasteiger partial charge in [-0.15, -0.1) is 0 Å². The largest absolute Gasteiger partial charge is 0.388 e. The van der Waals surface area contributed by atoms with E-state index in [2.05, 4.69) is 13.8 Å². The van der Waals surface area contributed by atoms with E-state index in [-0.39, 0.29) is 11.7 Å². The van der Waals surface area contributed by atoms with Crippen molar-refractivity contribution >= 4 is 0 Å². The van der Waals surface area contributed by atoms with Crippen LogP contribution in [-0.4, -0.2) is 5.11 Å². The highest BCUT2D eigenvalue weighted by Crippen LogP contribution is 2.39. The van der Waals surface area contributed by atoms with Crippen LogP contribution in [-0.2, 0) is 0 Å². The first kappa shape index (κ1) is 13.5. The minimum atomic E-state index is -0.518. The molecule has 18 heavy (non-hydrogen) atoms. The van der Waals surface area contributed by atoms with Gasteiger partial charge in [0, 0.05) is 0 Å². The smallest absolute Gasteiger partial charge is 0.126 e. The van der Waals surface area contributed by atoms with Gasteiger partial charge in [-0.2, -0.15) is 0 Å². The molecule has 1 aromatic rings. The molecule has 0 saturated heterocycles. The Morgan fingerprint density at radius 2 is 1.94 bits per heavy atom. The average molecular weight is 250 g/mol. The van der Waals surface area contributed by atoms with Crippen molar-refractivity contribution in [1.29, 1.82) is 0 Å². The van der Waals surface area contributed by atoms with E-state index in [9.17, 15) is 9.50 Å². The summed E-state index contributed by atoms with van der Waals surface area (Å²) < 4.78 is 13.5. The number of benzene rings is 1. The molecule has 100 valence electrons. The Labute approximate surface area is 109 Å². The quantitative estimate of drug-likeness (QED) is 0.832. The predicted molar refractivity (Wildman–Crippen MR) is 71.8 cm³/mol. The summed E-state index contributed by atoms with van der Waals surface area (Å²) in [7, 11) is 0. The number of aliphatic hydroxyl groups excluding tert-OH is 1. The van der Waals surface area contributed by atoms with Crippen LogP contribution in [0.2, 0.25) is 0 Å². The highest BCUT2D eigenvalue weighted by Gasteiger charge is 2.30. The summed E-state index contributed by atoms with van der Waals surface area (Å²) in [4.78, 5) is 0. The van der Waals surface area contributed by atoms with Crippen molar-refractivity contribution in [2.24, 2.45) is 17.8 Å². The van der Waals surface area contributed by atoms with Crippen molar-refractivity contribution in [2.75, 3.05) is 0 Å². The lowest BCUT2D eigenvalue weighted by molar-refractivity contribution is 0.0559. The molecule has 0 radical (unpaired) electrons. The van der Waals surface area contributed by atoms with Gasteiger partial charge in [-0.1, -0.05) is 32.4 Å². The molecule has 0 bridgehead atoms. The summed E-state index contributed by atoms with van der Waals surface area (Å²) in [6, 6.07) is 5.09. The average Bonchev–Trinajstić information content (AvgIpc) is 2.35. The zero-order chi connectivity index (χ0) is 13.3. The lowest BCUT2D eigenvalue weighted by Gasteiger charge is -2.34. The third-order valence-corrected chi connectivity index (χ3v) is 4.62. The van der Waals surface area contributed by atoms with E-state index in [4.69, 9.17) is 0 Å². The Balaban J connectivity index is 2.11. The van der Waals surface area contributed by atoms with Crippen molar-refractivity contribution in [3.05, 3.63) is 35.1 Å². The van der Waals surface area contributed by atoms with Crippen molar-refractivity contribution < 1.29 is 9.50 Å². The summed E-state index contributed by atoms with van der Waals surface area (Å²) in [6.45, 7) is 6.27. The van der Waals surface area contributed by atoms with Gasteiger partial charge in [0.2, 0.25) is 0 Å². The second-order valence-corrected chi connectivity index (χ2v) is 5.98. The standard InChI is InChI=1S/C16H23FO/c1-10-4-6-13(8-12(10)3)16(18)14-7-5-11(2)15(17)9-14/h5,7,9-10,12-13,16,18H,4,6,8H2,1-3H3. The van der Waals surface area contributed by atoms with E-state index in [0.717, 1.165) is 30.7 Å². The second kappa shape index (κ2) is 5.40. The molecule has 0 aromatic heterocycles. The molecule has 4 atom stereocenters. The maximum Gasteiger partial charge on any atom is 0.126 e. The minimum absolute atomic E-state index is 0.219. The number of hydrogen-bond acceptors (Lipinski definition) is 1. The molecule has 2 rings (SSSR count). The first-order valence-corrected chi connectivity index (χ1v) is 6.93. The van der Waals surface area contributed by atoms with E-state index < -0.39 is 6.10 Å². The highest BCUT2D eigenvalue weighted by molar-refractivity contribution is 5.25. The summed E-state index contributed by atoms with van der Waals surface area (Å²) in [6.07, 6.45) is 2.73. The fraction of sp³-hybridized carbons (Fsp3) is 0.625. The molecule has 0 spiro atoms. The van der Waals surface area contributed by atoms with Gasteiger partial charge in [-0.3, -0.25) is 0 Å². The molecule has 1 saturated carbocycles. The molecular weight excluding hydrogens is 227 g/mol. The second-order valence-electron chi connectivity index (χ2n) is 5.98. The molecule has 1 aliphatic rings. The van der Waals surface area contributed by atoms with Gasteiger partial charge < -0.3 is 5.11 Å². The lowest BCUT2D eigenvalue weighted by atomic mass is 9.73. The molecule has 1 N–H and O–H groups in total. The predicted octanol–water partition coefficient (Wildman–Crippen LogP) is 4.24. The molecule has 0 aliphatic heterocycles. The van der Waals surface area contributed by atoms with E-state index in [1.54, 1.807) is 13.0 Å². The molecule has 4 unspecified atom stereocenters. The van der Waals surface area contributed by atoms with E-state index in [1.807, 2.05) is 6.07 Å². The molecule has 2 heteroatoms. The molecule has 1 aromatic carbocycles. The third-order valence-electron chi connectivity index (χ3n) is 4.62. The van der Waals surface area contributed by atoms with Crippen LogP contribution in [0.1, 0.15) is 50.3 Å². The van der Waals surface area contributed by atoms with Gasteiger partial charge in [-0.05, 0) is 54.7 Å². The number of hydrogen-bond donors (Lipinski definition) is 1. The van der Waals surface area contributed by atoms with Crippen LogP contribution in [0.4, 0.5) is 4.39 Å². The maximum atomic E-state index is 13.5. The van der Waals surface area contributed by atoms with E-state index >= 15 is 0 Å². The van der Waals surface area contributed by atoms with Gasteiger partial charge >= 0.3 is 0 Å². The molecule has 1 nitrogen and oxygen atoms in total. The van der Waals surface area contributed by atoms with Crippen LogP contribution in [0.25, 0.3) is 0 Å². The van der Waals surface area contributed by atoms with Crippen molar-refractivity contribution in [2.45, 2.75) is 46.1 Å². The van der Waals surface area contributed by atoms with E-state index in [1.165, 1.54) is 6.07 Å². The summed E-state index contributed by atoms with van der Waals surface area (Å²) in [5.41, 5.74) is 1.36. The summed E-state index contributed by atoms with van der Waals surface area (Å²) in [5.74, 6) is 1.44. The third kappa shape index (κ3) is 2.74. The maximum absolute atomic E-state index is 13.5. The van der Waals surface area contributed by atoms with Crippen LogP contribution < -0.4 is 0 Å². The highest BCUT2D eigenvalue weighted by atomic mass is 19.1. The lowest BCUT2D eigenvalue weighted by Crippen LogP contribution is -2.25. The first-order valence-electron chi connectivity index (χ1n) is 6.93. The fourth-order valence-electron chi connectivity index (χ4n) is 2.94. The molecule has 1 aliphatic carbocycles. The number of aryl methyl sites for hydroxylation is 1. The molecule has 0 heterocycles. The normalized spacial score (nSPS) is 30.2. The Bertz CT molecular complexity index is 416. The molecular formula is C16H23FO. The fourth-order valence-corrected chi connectivity index (χ4v) is 2.94. The SMILES string of the molecule is Cc1ccc(C(O)C2CCC(C)C(C)C2)cc1F. The van der Waals surface area contributed by atoms with Crippen molar-refractivity contribution in [3.63, 3.8) is 0 Å². The van der Waals surface area contributed by atoms with Crippen LogP contribution in [0.15, 0.2) is 18.2 Å². The van der Waals surface area contributed by atoms with Gasteiger partial charge in [0.05, 0.1) is 6.10 Å². The summed E-state index contributed by atoms with van der Waals surface area (Å²) in [5, 5.41) is 10.4. The minimum Gasteiger partial charge on any atom is -0.388 e. The zero-order valence-electron chi connectivity index (χ0n) is 11.5. The van der Waals surface area contributed by atoms with Crippen LogP contribution in [0, 0.1) is 30.5 Å². The molecule has 0 amide bonds. The van der Waals surface area contributed by atoms with Crippen LogP contribution in [0.3, 0.4) is 0 Å². The van der Waals surface area contributed by atoms with Gasteiger partial charge in [-0.25, -0.2) is 4.39 Å². The number of rotatable bonds is 2. The van der Waals surface area contributed by atoms with Gasteiger partial charge in [0.1, 0.15) is 5.82 Å². The Kier molecular flexibility index (Phi) is 4.06. The first-order chi connectivity index (χ1) is 8.49. The number of halogens is 1. The van der Waals surface area contributed by atoms with Crippen LogP contribution in [0.5, 0.6) is 0 Å². The van der Waals surface area contributed by atoms with Crippen molar-refractivity contribution in [3.8, 4) is 0 Å². The Morgan fingerprint density at radius 3 is 2.56 bits per heavy atom. The topological polar surface area (TPSA) is 20.2 Å². The zero-order valence-corrected chi connectivity index (χ0v) is 11.5. The Morgan fingerprint density at radius 1 is 1.22 bits per heavy atom. The molecule has 1 fully saturated rings. The monoisotopic (exact) mass is 250 g/mol. The van der Waals surface area contributed by atoms with E-state index in [0.29, 0.717) is 11.5 Å². The van der Waals surface area contributed by atoms with Crippen LogP contribution >= 0.6 is 0 Å². The Hall–Kier alpha value is -0.890.